The molecule has 0 saturated carbocycles. The third-order valence-corrected chi connectivity index (χ3v) is 11.2. The van der Waals surface area contributed by atoms with E-state index in [0.29, 0.717) is 39.6 Å². The van der Waals surface area contributed by atoms with Crippen LogP contribution >= 0.6 is 58.0 Å². The lowest BCUT2D eigenvalue weighted by molar-refractivity contribution is -0.127. The number of amides is 4. The molecule has 5 rings (SSSR count). The van der Waals surface area contributed by atoms with Gasteiger partial charge in [0.15, 0.2) is 11.6 Å². The van der Waals surface area contributed by atoms with Gasteiger partial charge in [0.2, 0.25) is 12.1 Å². The van der Waals surface area contributed by atoms with Gasteiger partial charge in [-0.1, -0.05) is 35.3 Å². The van der Waals surface area contributed by atoms with Gasteiger partial charge in [-0.2, -0.15) is 20.5 Å². The zero-order chi connectivity index (χ0) is 48.8. The Morgan fingerprint density at radius 1 is 0.552 bits per heavy atom. The second-order valence-electron chi connectivity index (χ2n) is 14.2. The number of anilines is 4. The summed E-state index contributed by atoms with van der Waals surface area (Å²) in [5.74, 6) is -2.75. The van der Waals surface area contributed by atoms with Crippen LogP contribution in [0.1, 0.15) is 51.3 Å². The van der Waals surface area contributed by atoms with Gasteiger partial charge in [-0.25, -0.2) is 0 Å². The van der Waals surface area contributed by atoms with E-state index in [4.69, 9.17) is 67.5 Å². The van der Waals surface area contributed by atoms with Gasteiger partial charge in [0.25, 0.3) is 23.6 Å². The number of halogens is 5. The molecular formula is C46H41Cl5N8O8. The van der Waals surface area contributed by atoms with Crippen molar-refractivity contribution >= 4 is 127 Å². The average molecular weight is 1010 g/mol. The summed E-state index contributed by atoms with van der Waals surface area (Å²) in [6.45, 7) is 2.31. The van der Waals surface area contributed by atoms with Crippen LogP contribution in [-0.2, 0) is 37.4 Å². The topological polar surface area (TPSA) is 218 Å². The highest BCUT2D eigenvalue weighted by Gasteiger charge is 2.27. The number of alkyl halides is 3. The van der Waals surface area contributed by atoms with Gasteiger partial charge >= 0.3 is 0 Å². The lowest BCUT2D eigenvalue weighted by atomic mass is 10.1. The average Bonchev–Trinajstić information content (AvgIpc) is 3.30. The molecule has 0 bridgehead atoms. The molecule has 0 aromatic heterocycles. The summed E-state index contributed by atoms with van der Waals surface area (Å²) < 4.78 is 10.4. The lowest BCUT2D eigenvalue weighted by Crippen LogP contribution is -2.32. The van der Waals surface area contributed by atoms with Gasteiger partial charge in [0, 0.05) is 40.4 Å². The molecule has 21 heteroatoms. The third kappa shape index (κ3) is 13.4. The highest BCUT2D eigenvalue weighted by molar-refractivity contribution is 6.37. The van der Waals surface area contributed by atoms with Crippen LogP contribution in [0.5, 0.6) is 11.5 Å². The Hall–Kier alpha value is -6.43. The van der Waals surface area contributed by atoms with Crippen molar-refractivity contribution < 1.29 is 38.2 Å². The number of carbonyl (C=O) groups excluding carboxylic acids is 6. The minimum atomic E-state index is -1.63. The quantitative estimate of drug-likeness (QED) is 0.0333. The fourth-order valence-electron chi connectivity index (χ4n) is 6.17. The number of benzene rings is 5. The number of rotatable bonds is 20. The Balaban J connectivity index is 1.28. The first-order chi connectivity index (χ1) is 32.1. The molecule has 0 aliphatic heterocycles. The molecule has 4 N–H and O–H groups in total. The summed E-state index contributed by atoms with van der Waals surface area (Å²) in [6.07, 6.45) is 0.199. The fraction of sp³-hybridized carbons (Fsp3) is 0.217. The molecule has 348 valence electrons. The zero-order valence-corrected chi connectivity index (χ0v) is 39.9. The number of aryl methyl sites for hydroxylation is 1. The van der Waals surface area contributed by atoms with E-state index < -0.39 is 47.3 Å². The molecule has 5 aromatic carbocycles. The molecule has 4 amide bonds. The molecule has 67 heavy (non-hydrogen) atoms. The summed E-state index contributed by atoms with van der Waals surface area (Å²) in [7, 11) is 3.01. The Kier molecular flexibility index (Phi) is 18.8. The number of nitrogens with one attached hydrogen (secondary N) is 4. The number of hydrogen-bond donors (Lipinski definition) is 4. The van der Waals surface area contributed by atoms with Gasteiger partial charge in [-0.3, -0.25) is 28.8 Å². The SMILES string of the molecule is COc1ccc(NC(=O)c2cccc(N=NC(C(C)=O)C(=O)Nc3ccc(NC(=O)C(N=Nc4cccc(C(=O)Nc5ccc(OC)cc5CCl)c4Cl)C(C)=O)c(CCCl)c3)c2Cl)c(CCl)c1. The molecule has 0 spiro atoms. The predicted octanol–water partition coefficient (Wildman–Crippen LogP) is 11.1. The first kappa shape index (κ1) is 51.6. The van der Waals surface area contributed by atoms with Gasteiger partial charge in [-0.15, -0.1) is 34.8 Å². The van der Waals surface area contributed by atoms with E-state index in [0.717, 1.165) is 13.8 Å². The Bertz CT molecular complexity index is 2770. The smallest absolute Gasteiger partial charge is 0.258 e. The van der Waals surface area contributed by atoms with E-state index in [1.807, 2.05) is 0 Å². The molecule has 0 aliphatic carbocycles. The van der Waals surface area contributed by atoms with E-state index in [1.54, 1.807) is 36.4 Å². The summed E-state index contributed by atoms with van der Waals surface area (Å²) in [4.78, 5) is 78.9. The van der Waals surface area contributed by atoms with Crippen molar-refractivity contribution in [2.24, 2.45) is 20.5 Å². The Morgan fingerprint density at radius 3 is 1.40 bits per heavy atom. The minimum absolute atomic E-state index is 0.0123. The number of hydrogen-bond acceptors (Lipinski definition) is 12. The van der Waals surface area contributed by atoms with E-state index in [-0.39, 0.29) is 68.0 Å². The highest BCUT2D eigenvalue weighted by atomic mass is 35.5. The molecule has 5 aromatic rings. The third-order valence-electron chi connectivity index (χ3n) is 9.68. The Labute approximate surface area is 409 Å². The molecule has 2 atom stereocenters. The first-order valence-corrected chi connectivity index (χ1v) is 22.3. The van der Waals surface area contributed by atoms with Crippen LogP contribution < -0.4 is 30.7 Å². The van der Waals surface area contributed by atoms with E-state index in [1.165, 1.54) is 68.8 Å². The molecule has 2 unspecified atom stereocenters. The number of azo groups is 2. The zero-order valence-electron chi connectivity index (χ0n) is 36.1. The van der Waals surface area contributed by atoms with Crippen LogP contribution in [0.25, 0.3) is 0 Å². The van der Waals surface area contributed by atoms with Crippen molar-refractivity contribution in [3.63, 3.8) is 0 Å². The number of nitrogens with zero attached hydrogens (tertiary/aromatic N) is 4. The van der Waals surface area contributed by atoms with E-state index >= 15 is 0 Å². The number of ether oxygens (including phenoxy) is 2. The maximum Gasteiger partial charge on any atom is 0.258 e. The molecule has 0 saturated heterocycles. The lowest BCUT2D eigenvalue weighted by Gasteiger charge is -2.16. The van der Waals surface area contributed by atoms with Crippen LogP contribution in [0.15, 0.2) is 111 Å². The Morgan fingerprint density at radius 2 is 0.985 bits per heavy atom. The maximum absolute atomic E-state index is 13.5. The second kappa shape index (κ2) is 24.4. The largest absolute Gasteiger partial charge is 0.497 e. The van der Waals surface area contributed by atoms with E-state index in [9.17, 15) is 28.8 Å². The van der Waals surface area contributed by atoms with Crippen LogP contribution in [0.4, 0.5) is 34.1 Å². The number of Topliss-reactive ketones (excluding diaryl/α,β-unsaturated/α-hetero) is 2. The molecule has 0 fully saturated rings. The van der Waals surface area contributed by atoms with Crippen LogP contribution in [0.2, 0.25) is 10.0 Å². The number of ketones is 2. The summed E-state index contributed by atoms with van der Waals surface area (Å²) in [5.41, 5.74) is 3.09. The monoisotopic (exact) mass is 1010 g/mol. The summed E-state index contributed by atoms with van der Waals surface area (Å²) in [5, 5.41) is 26.7. The fourth-order valence-corrected chi connectivity index (χ4v) is 7.32. The van der Waals surface area contributed by atoms with Gasteiger partial charge in [0.1, 0.15) is 22.9 Å². The van der Waals surface area contributed by atoms with Crippen molar-refractivity contribution in [3.05, 3.63) is 129 Å². The van der Waals surface area contributed by atoms with Crippen molar-refractivity contribution in [2.45, 2.75) is 44.1 Å². The number of methoxy groups -OCH3 is 2. The van der Waals surface area contributed by atoms with Crippen LogP contribution in [0, 0.1) is 0 Å². The molecular weight excluding hydrogens is 970 g/mol. The molecule has 16 nitrogen and oxygen atoms in total. The second-order valence-corrected chi connectivity index (χ2v) is 15.9. The van der Waals surface area contributed by atoms with Crippen molar-refractivity contribution in [1.29, 1.82) is 0 Å². The minimum Gasteiger partial charge on any atom is -0.497 e. The number of carbonyl (C=O) groups is 6. The van der Waals surface area contributed by atoms with Gasteiger partial charge in [-0.05, 0) is 116 Å². The highest BCUT2D eigenvalue weighted by Crippen LogP contribution is 2.33. The normalized spacial score (nSPS) is 12.0. The van der Waals surface area contributed by atoms with Crippen molar-refractivity contribution in [1.82, 2.24) is 0 Å². The maximum atomic E-state index is 13.5. The first-order valence-electron chi connectivity index (χ1n) is 19.9. The molecule has 0 radical (unpaired) electrons. The van der Waals surface area contributed by atoms with Crippen molar-refractivity contribution in [2.75, 3.05) is 41.4 Å². The van der Waals surface area contributed by atoms with Crippen molar-refractivity contribution in [3.8, 4) is 11.5 Å². The molecule has 0 heterocycles. The van der Waals surface area contributed by atoms with E-state index in [2.05, 4.69) is 41.7 Å². The van der Waals surface area contributed by atoms with Crippen LogP contribution in [-0.4, -0.2) is 67.4 Å². The standard InChI is InChI=1S/C46H41Cl5N8O8/c1-24(60)41(58-56-37-9-5-7-32(39(37)50)43(62)53-35-15-12-30(66-3)20-27(35)22-48)45(64)52-29-11-14-34(26(19-29)17-18-47)55-46(65)42(25(2)61)59-57-38-10-6-8-33(40(38)51)44(63)54-36-16-13-31(67-4)21-28(36)23-49/h5-16,19-21,41-42H,17-18,22-23H2,1-4H3,(H,52,64)(H,53,62)(H,54,63)(H,55,65). The van der Waals surface area contributed by atoms with Crippen LogP contribution in [0.3, 0.4) is 0 Å². The summed E-state index contributed by atoms with van der Waals surface area (Å²) in [6, 6.07) is 20.0. The van der Waals surface area contributed by atoms with Gasteiger partial charge in [0.05, 0.1) is 35.4 Å². The van der Waals surface area contributed by atoms with Gasteiger partial charge < -0.3 is 30.7 Å². The summed E-state index contributed by atoms with van der Waals surface area (Å²) >= 11 is 31.4. The predicted molar refractivity (Wildman–Crippen MR) is 260 cm³/mol. The molecule has 0 aliphatic rings.